The molecule has 0 aliphatic heterocycles. The van der Waals surface area contributed by atoms with E-state index in [1.54, 1.807) is 7.11 Å². The van der Waals surface area contributed by atoms with Crippen LogP contribution in [0, 0.1) is 11.2 Å². The molecule has 0 aromatic heterocycles. The van der Waals surface area contributed by atoms with E-state index in [1.165, 1.54) is 43.5 Å². The Balaban J connectivity index is 1.85. The first kappa shape index (κ1) is 20.2. The van der Waals surface area contributed by atoms with Gasteiger partial charge in [0.25, 0.3) is 0 Å². The molecule has 1 aromatic carbocycles. The van der Waals surface area contributed by atoms with Crippen molar-refractivity contribution in [2.24, 2.45) is 10.4 Å². The smallest absolute Gasteiger partial charge is 0.246 e. The number of rotatable bonds is 9. The van der Waals surface area contributed by atoms with Crippen molar-refractivity contribution in [2.75, 3.05) is 38.7 Å². The van der Waals surface area contributed by atoms with Crippen LogP contribution in [0.3, 0.4) is 0 Å². The quantitative estimate of drug-likeness (QED) is 0.465. The molecule has 144 valence electrons. The number of aliphatic imine (C=N–C) groups is 1. The van der Waals surface area contributed by atoms with Gasteiger partial charge in [0.05, 0.1) is 0 Å². The van der Waals surface area contributed by atoms with E-state index in [4.69, 9.17) is 4.74 Å². The molecule has 0 bridgehead atoms. The van der Waals surface area contributed by atoms with Crippen molar-refractivity contribution in [3.05, 3.63) is 30.1 Å². The fraction of sp³-hybridized carbons (Fsp3) is 0.579. The predicted molar refractivity (Wildman–Crippen MR) is 102 cm³/mol. The number of hydrogen-bond acceptors (Lipinski definition) is 3. The lowest BCUT2D eigenvalue weighted by Crippen LogP contribution is -2.47. The van der Waals surface area contributed by atoms with Crippen LogP contribution in [-0.4, -0.2) is 45.2 Å². The Labute approximate surface area is 154 Å². The van der Waals surface area contributed by atoms with Crippen LogP contribution in [0.2, 0.25) is 0 Å². The summed E-state index contributed by atoms with van der Waals surface area (Å²) in [5.74, 6) is 0.0510. The summed E-state index contributed by atoms with van der Waals surface area (Å²) in [6, 6.07) is 5.66. The summed E-state index contributed by atoms with van der Waals surface area (Å²) < 4.78 is 18.1. The van der Waals surface area contributed by atoms with Gasteiger partial charge in [0, 0.05) is 32.5 Å². The van der Waals surface area contributed by atoms with E-state index in [2.05, 4.69) is 20.9 Å². The molecule has 0 atom stereocenters. The lowest BCUT2D eigenvalue weighted by atomic mass is 9.67. The number of anilines is 1. The highest BCUT2D eigenvalue weighted by molar-refractivity contribution is 5.94. The van der Waals surface area contributed by atoms with E-state index in [0.717, 1.165) is 26.1 Å². The van der Waals surface area contributed by atoms with E-state index in [-0.39, 0.29) is 23.7 Å². The van der Waals surface area contributed by atoms with Crippen LogP contribution < -0.4 is 16.0 Å². The third-order valence-corrected chi connectivity index (χ3v) is 4.73. The summed E-state index contributed by atoms with van der Waals surface area (Å²) in [6.07, 6.45) is 4.65. The molecular weight excluding hydrogens is 335 g/mol. The summed E-state index contributed by atoms with van der Waals surface area (Å²) in [5, 5.41) is 9.22. The minimum atomic E-state index is -0.335. The molecule has 1 aliphatic carbocycles. The van der Waals surface area contributed by atoms with E-state index in [1.807, 2.05) is 6.92 Å². The van der Waals surface area contributed by atoms with Crippen LogP contribution in [0.25, 0.3) is 0 Å². The summed E-state index contributed by atoms with van der Waals surface area (Å²) >= 11 is 0. The van der Waals surface area contributed by atoms with E-state index >= 15 is 0 Å². The third kappa shape index (κ3) is 6.29. The number of ether oxygens (including phenoxy) is 1. The molecule has 3 N–H and O–H groups in total. The Morgan fingerprint density at radius 3 is 2.58 bits per heavy atom. The van der Waals surface area contributed by atoms with Gasteiger partial charge in [0.2, 0.25) is 5.91 Å². The van der Waals surface area contributed by atoms with Gasteiger partial charge < -0.3 is 20.7 Å². The molecule has 1 amide bonds. The summed E-state index contributed by atoms with van der Waals surface area (Å²) in [6.45, 7) is 4.28. The van der Waals surface area contributed by atoms with Gasteiger partial charge in [-0.2, -0.15) is 0 Å². The minimum absolute atomic E-state index is 0.00220. The number of amides is 1. The zero-order valence-corrected chi connectivity index (χ0v) is 15.6. The van der Waals surface area contributed by atoms with Crippen LogP contribution in [0.1, 0.15) is 32.6 Å². The second-order valence-corrected chi connectivity index (χ2v) is 6.70. The van der Waals surface area contributed by atoms with Crippen LogP contribution >= 0.6 is 0 Å². The lowest BCUT2D eigenvalue weighted by molar-refractivity contribution is -0.114. The first-order valence-corrected chi connectivity index (χ1v) is 9.13. The van der Waals surface area contributed by atoms with Crippen molar-refractivity contribution in [3.63, 3.8) is 0 Å². The molecule has 0 radical (unpaired) electrons. The van der Waals surface area contributed by atoms with Gasteiger partial charge in [-0.1, -0.05) is 6.42 Å². The highest BCUT2D eigenvalue weighted by Gasteiger charge is 2.36. The Hall–Kier alpha value is -2.15. The van der Waals surface area contributed by atoms with Crippen LogP contribution in [-0.2, 0) is 9.53 Å². The molecular formula is C19H29FN4O2. The topological polar surface area (TPSA) is 74.8 Å². The fourth-order valence-electron chi connectivity index (χ4n) is 3.01. The number of nitrogens with one attached hydrogen (secondary N) is 3. The second kappa shape index (κ2) is 10.1. The molecule has 6 nitrogen and oxygen atoms in total. The molecule has 2 rings (SSSR count). The molecule has 0 unspecified atom stereocenters. The minimum Gasteiger partial charge on any atom is -0.385 e. The average molecular weight is 364 g/mol. The van der Waals surface area contributed by atoms with Crippen molar-refractivity contribution in [1.82, 2.24) is 10.6 Å². The second-order valence-electron chi connectivity index (χ2n) is 6.70. The maximum Gasteiger partial charge on any atom is 0.246 e. The number of benzene rings is 1. The fourth-order valence-corrected chi connectivity index (χ4v) is 3.01. The number of hydrogen-bond donors (Lipinski definition) is 3. The number of guanidine groups is 1. The summed E-state index contributed by atoms with van der Waals surface area (Å²) in [4.78, 5) is 16.4. The monoisotopic (exact) mass is 364 g/mol. The van der Waals surface area contributed by atoms with Gasteiger partial charge in [-0.05, 0) is 55.9 Å². The molecule has 0 saturated heterocycles. The van der Waals surface area contributed by atoms with Crippen molar-refractivity contribution in [3.8, 4) is 0 Å². The zero-order chi connectivity index (χ0) is 18.8. The maximum atomic E-state index is 12.9. The molecule has 1 aromatic rings. The molecule has 7 heteroatoms. The Bertz CT molecular complexity index is 600. The molecule has 1 saturated carbocycles. The van der Waals surface area contributed by atoms with Gasteiger partial charge in [0.15, 0.2) is 5.96 Å². The number of carbonyl (C=O) groups is 1. The standard InChI is InChI=1S/C19H29FN4O2/c1-3-21-18(23-14-19(9-4-10-19)11-12-26-2)22-13-17(25)24-16-7-5-15(20)6-8-16/h5-8H,3-4,9-14H2,1-2H3,(H,24,25)(H2,21,22,23). The third-order valence-electron chi connectivity index (χ3n) is 4.73. The van der Waals surface area contributed by atoms with Crippen LogP contribution in [0.15, 0.2) is 29.3 Å². The zero-order valence-electron chi connectivity index (χ0n) is 15.6. The molecule has 0 spiro atoms. The number of nitrogens with zero attached hydrogens (tertiary/aromatic N) is 1. The van der Waals surface area contributed by atoms with Gasteiger partial charge >= 0.3 is 0 Å². The Morgan fingerprint density at radius 2 is 2.00 bits per heavy atom. The summed E-state index contributed by atoms with van der Waals surface area (Å²) in [7, 11) is 1.73. The predicted octanol–water partition coefficient (Wildman–Crippen LogP) is 2.53. The van der Waals surface area contributed by atoms with Crippen molar-refractivity contribution < 1.29 is 13.9 Å². The lowest BCUT2D eigenvalue weighted by Gasteiger charge is -2.42. The number of methoxy groups -OCH3 is 1. The van der Waals surface area contributed by atoms with Crippen molar-refractivity contribution in [2.45, 2.75) is 32.6 Å². The van der Waals surface area contributed by atoms with Gasteiger partial charge in [0.1, 0.15) is 12.4 Å². The van der Waals surface area contributed by atoms with Crippen LogP contribution in [0.4, 0.5) is 10.1 Å². The van der Waals surface area contributed by atoms with Gasteiger partial charge in [-0.25, -0.2) is 9.38 Å². The highest BCUT2D eigenvalue weighted by Crippen LogP contribution is 2.43. The number of halogens is 1. The van der Waals surface area contributed by atoms with Gasteiger partial charge in [-0.15, -0.1) is 0 Å². The van der Waals surface area contributed by atoms with E-state index < -0.39 is 0 Å². The van der Waals surface area contributed by atoms with Gasteiger partial charge in [-0.3, -0.25) is 4.79 Å². The largest absolute Gasteiger partial charge is 0.385 e. The Kier molecular flexibility index (Phi) is 7.84. The molecule has 1 fully saturated rings. The molecule has 1 aliphatic rings. The van der Waals surface area contributed by atoms with Crippen molar-refractivity contribution >= 4 is 17.6 Å². The molecule has 0 heterocycles. The molecule has 26 heavy (non-hydrogen) atoms. The SMILES string of the molecule is CCNC(=NCC(=O)Nc1ccc(F)cc1)NCC1(CCOC)CCC1. The van der Waals surface area contributed by atoms with E-state index in [9.17, 15) is 9.18 Å². The average Bonchev–Trinajstić information content (AvgIpc) is 2.60. The highest BCUT2D eigenvalue weighted by atomic mass is 19.1. The maximum absolute atomic E-state index is 12.9. The first-order chi connectivity index (χ1) is 12.6. The van der Waals surface area contributed by atoms with Crippen LogP contribution in [0.5, 0.6) is 0 Å². The Morgan fingerprint density at radius 1 is 1.27 bits per heavy atom. The normalized spacial score (nSPS) is 15.9. The van der Waals surface area contributed by atoms with E-state index in [0.29, 0.717) is 11.6 Å². The number of carbonyl (C=O) groups excluding carboxylic acids is 1. The first-order valence-electron chi connectivity index (χ1n) is 9.13. The van der Waals surface area contributed by atoms with Crippen molar-refractivity contribution in [1.29, 1.82) is 0 Å². The summed E-state index contributed by atoms with van der Waals surface area (Å²) in [5.41, 5.74) is 0.820.